The number of hydrogen-bond acceptors (Lipinski definition) is 5. The minimum absolute atomic E-state index is 0.146. The Labute approximate surface area is 146 Å². The fraction of sp³-hybridized carbons (Fsp3) is 0.474. The highest BCUT2D eigenvalue weighted by Gasteiger charge is 2.23. The summed E-state index contributed by atoms with van der Waals surface area (Å²) in [6, 6.07) is 9.53. The van der Waals surface area contributed by atoms with Gasteiger partial charge in [-0.25, -0.2) is 0 Å². The summed E-state index contributed by atoms with van der Waals surface area (Å²) in [4.78, 5) is 15.1. The molecule has 1 aromatic heterocycles. The summed E-state index contributed by atoms with van der Waals surface area (Å²) in [6.45, 7) is 1.03. The van der Waals surface area contributed by atoms with E-state index in [1.165, 1.54) is 25.3 Å². The summed E-state index contributed by atoms with van der Waals surface area (Å²) < 4.78 is 19.3. The third-order valence-electron chi connectivity index (χ3n) is 4.64. The first-order valence-electron chi connectivity index (χ1n) is 8.90. The Bertz CT molecular complexity index is 766. The Morgan fingerprint density at radius 3 is 2.64 bits per heavy atom. The van der Waals surface area contributed by atoms with Gasteiger partial charge in [0, 0.05) is 12.3 Å². The maximum Gasteiger partial charge on any atom is 0.300 e. The zero-order valence-electron chi connectivity index (χ0n) is 14.1. The lowest BCUT2D eigenvalue weighted by atomic mass is 9.98. The van der Waals surface area contributed by atoms with Gasteiger partial charge >= 0.3 is 0 Å². The van der Waals surface area contributed by atoms with Gasteiger partial charge in [0.05, 0.1) is 12.6 Å². The van der Waals surface area contributed by atoms with Crippen molar-refractivity contribution in [2.24, 2.45) is 0 Å². The highest BCUT2D eigenvalue weighted by atomic mass is 16.6. The molecule has 4 rings (SSSR count). The van der Waals surface area contributed by atoms with Crippen LogP contribution in [0.3, 0.4) is 0 Å². The van der Waals surface area contributed by atoms with Gasteiger partial charge in [0.15, 0.2) is 6.10 Å². The first-order valence-corrected chi connectivity index (χ1v) is 8.90. The Morgan fingerprint density at radius 1 is 1.08 bits per heavy atom. The Balaban J connectivity index is 1.28. The van der Waals surface area contributed by atoms with Gasteiger partial charge in [0.1, 0.15) is 18.1 Å². The molecule has 1 atom stereocenters. The molecular weight excluding hydrogens is 320 g/mol. The molecule has 1 fully saturated rings. The number of benzene rings is 1. The molecule has 2 aromatic rings. The van der Waals surface area contributed by atoms with Crippen LogP contribution in [0.2, 0.25) is 0 Å². The largest absolute Gasteiger partial charge is 0.490 e. The number of fused-ring (bicyclic) bond motifs is 1. The monoisotopic (exact) mass is 342 g/mol. The molecule has 0 N–H and O–H groups in total. The fourth-order valence-electron chi connectivity index (χ4n) is 3.32. The van der Waals surface area contributed by atoms with E-state index >= 15 is 0 Å². The summed E-state index contributed by atoms with van der Waals surface area (Å²) in [5.41, 5.74) is -0.290. The average Bonchev–Trinajstić information content (AvgIpc) is 3.04. The molecule has 25 heavy (non-hydrogen) atoms. The van der Waals surface area contributed by atoms with E-state index in [2.05, 4.69) is 4.98 Å². The van der Waals surface area contributed by atoms with Crippen molar-refractivity contribution in [2.75, 3.05) is 6.61 Å². The van der Waals surface area contributed by atoms with Crippen molar-refractivity contribution in [1.82, 2.24) is 9.55 Å². The molecule has 0 amide bonds. The van der Waals surface area contributed by atoms with Gasteiger partial charge in [0.2, 0.25) is 0 Å². The van der Waals surface area contributed by atoms with Gasteiger partial charge in [-0.15, -0.1) is 0 Å². The minimum atomic E-state index is -0.290. The molecule has 0 spiro atoms. The maximum atomic E-state index is 11.2. The van der Waals surface area contributed by atoms with E-state index in [1.807, 2.05) is 28.8 Å². The lowest BCUT2D eigenvalue weighted by Gasteiger charge is -2.23. The first kappa shape index (κ1) is 16.0. The normalized spacial score (nSPS) is 19.9. The van der Waals surface area contributed by atoms with Crippen LogP contribution in [0.25, 0.3) is 0 Å². The van der Waals surface area contributed by atoms with Gasteiger partial charge in [-0.3, -0.25) is 9.36 Å². The molecule has 1 saturated carbocycles. The second-order valence-corrected chi connectivity index (χ2v) is 6.60. The molecule has 132 valence electrons. The highest BCUT2D eigenvalue weighted by Crippen LogP contribution is 2.25. The molecule has 1 aromatic carbocycles. The number of rotatable bonds is 5. The van der Waals surface area contributed by atoms with Crippen LogP contribution in [0.1, 0.15) is 32.1 Å². The molecule has 0 radical (unpaired) electrons. The summed E-state index contributed by atoms with van der Waals surface area (Å²) in [7, 11) is 0. The predicted molar refractivity (Wildman–Crippen MR) is 92.4 cm³/mol. The quantitative estimate of drug-likeness (QED) is 0.836. The first-order chi connectivity index (χ1) is 12.3. The number of nitrogens with zero attached hydrogens (tertiary/aromatic N) is 2. The molecule has 1 aliphatic heterocycles. The van der Waals surface area contributed by atoms with E-state index in [-0.39, 0.29) is 11.7 Å². The van der Waals surface area contributed by atoms with Crippen molar-refractivity contribution in [1.29, 1.82) is 0 Å². The van der Waals surface area contributed by atoms with E-state index in [1.54, 1.807) is 6.20 Å². The van der Waals surface area contributed by atoms with Crippen molar-refractivity contribution < 1.29 is 14.2 Å². The topological polar surface area (TPSA) is 62.6 Å². The van der Waals surface area contributed by atoms with Gasteiger partial charge in [0.25, 0.3) is 11.6 Å². The molecule has 0 saturated heterocycles. The van der Waals surface area contributed by atoms with Crippen molar-refractivity contribution >= 4 is 0 Å². The van der Waals surface area contributed by atoms with Crippen molar-refractivity contribution in [2.45, 2.75) is 50.9 Å². The van der Waals surface area contributed by atoms with E-state index in [0.717, 1.165) is 24.3 Å². The smallest absolute Gasteiger partial charge is 0.300 e. The van der Waals surface area contributed by atoms with Crippen LogP contribution in [0, 0.1) is 0 Å². The van der Waals surface area contributed by atoms with Crippen LogP contribution in [0.4, 0.5) is 0 Å². The van der Waals surface area contributed by atoms with Gasteiger partial charge in [-0.05, 0) is 49.9 Å². The third-order valence-corrected chi connectivity index (χ3v) is 4.64. The molecule has 1 aliphatic carbocycles. The highest BCUT2D eigenvalue weighted by molar-refractivity contribution is 5.31. The van der Waals surface area contributed by atoms with Crippen LogP contribution in [-0.2, 0) is 6.54 Å². The Hall–Kier alpha value is -2.50. The fourth-order valence-corrected chi connectivity index (χ4v) is 3.32. The molecule has 0 bridgehead atoms. The van der Waals surface area contributed by atoms with Crippen molar-refractivity contribution in [3.8, 4) is 17.5 Å². The van der Waals surface area contributed by atoms with E-state index < -0.39 is 0 Å². The summed E-state index contributed by atoms with van der Waals surface area (Å²) in [5, 5.41) is 0. The zero-order chi connectivity index (χ0) is 17.1. The maximum absolute atomic E-state index is 11.2. The van der Waals surface area contributed by atoms with E-state index in [9.17, 15) is 4.79 Å². The number of aromatic nitrogens is 2. The Kier molecular flexibility index (Phi) is 4.59. The van der Waals surface area contributed by atoms with E-state index in [0.29, 0.717) is 25.3 Å². The summed E-state index contributed by atoms with van der Waals surface area (Å²) in [5.74, 6) is 1.67. The molecule has 6 heteroatoms. The van der Waals surface area contributed by atoms with Crippen LogP contribution in [-0.4, -0.2) is 28.4 Å². The van der Waals surface area contributed by atoms with Crippen LogP contribution in [0.5, 0.6) is 17.5 Å². The Morgan fingerprint density at radius 2 is 1.84 bits per heavy atom. The predicted octanol–water partition coefficient (Wildman–Crippen LogP) is 2.79. The molecular formula is C19H22N2O4. The van der Waals surface area contributed by atoms with Gasteiger partial charge in [-0.1, -0.05) is 6.42 Å². The van der Waals surface area contributed by atoms with Crippen LogP contribution < -0.4 is 19.8 Å². The molecule has 6 nitrogen and oxygen atoms in total. The lowest BCUT2D eigenvalue weighted by Crippen LogP contribution is -2.23. The minimum Gasteiger partial charge on any atom is -0.490 e. The second kappa shape index (κ2) is 7.17. The SMILES string of the molecule is O=c1ccn2c(n1)OC(COc1ccc(OC3CCCCC3)cc1)C2. The molecule has 2 aliphatic rings. The summed E-state index contributed by atoms with van der Waals surface area (Å²) in [6.07, 6.45) is 8.04. The van der Waals surface area contributed by atoms with Gasteiger partial charge in [-0.2, -0.15) is 4.98 Å². The van der Waals surface area contributed by atoms with E-state index in [4.69, 9.17) is 14.2 Å². The summed E-state index contributed by atoms with van der Waals surface area (Å²) >= 11 is 0. The molecule has 2 heterocycles. The zero-order valence-corrected chi connectivity index (χ0v) is 14.1. The van der Waals surface area contributed by atoms with Gasteiger partial charge < -0.3 is 14.2 Å². The average molecular weight is 342 g/mol. The van der Waals surface area contributed by atoms with Crippen LogP contribution >= 0.6 is 0 Å². The molecule has 1 unspecified atom stereocenters. The van der Waals surface area contributed by atoms with Crippen LogP contribution in [0.15, 0.2) is 41.3 Å². The number of hydrogen-bond donors (Lipinski definition) is 0. The third kappa shape index (κ3) is 3.95. The lowest BCUT2D eigenvalue weighted by molar-refractivity contribution is 0.143. The van der Waals surface area contributed by atoms with Crippen molar-refractivity contribution in [3.05, 3.63) is 46.9 Å². The second-order valence-electron chi connectivity index (χ2n) is 6.60. The van der Waals surface area contributed by atoms with Crippen molar-refractivity contribution in [3.63, 3.8) is 0 Å². The standard InChI is InChI=1S/C19H22N2O4/c22-18-10-11-21-12-17(25-19(21)20-18)13-23-14-6-8-16(9-7-14)24-15-4-2-1-3-5-15/h6-11,15,17H,1-5,12-13H2. The number of ether oxygens (including phenoxy) is 3.